The maximum atomic E-state index is 11.9. The van der Waals surface area contributed by atoms with Gasteiger partial charge in [0, 0.05) is 21.2 Å². The minimum atomic E-state index is -0.867. The summed E-state index contributed by atoms with van der Waals surface area (Å²) in [6.07, 6.45) is 0.945. The van der Waals surface area contributed by atoms with Crippen LogP contribution >= 0.6 is 15.9 Å². The SMILES string of the molecule is CC(C)NCCCS(=O)c1ccc(Br)cc1. The Morgan fingerprint density at radius 2 is 1.94 bits per heavy atom. The Bertz CT molecular complexity index is 337. The standard InChI is InChI=1S/C12H18BrNOS/c1-10(2)14-8-3-9-16(15)12-6-4-11(13)5-7-12/h4-7,10,14H,3,8-9H2,1-2H3. The highest BCUT2D eigenvalue weighted by molar-refractivity contribution is 9.10. The molecule has 0 spiro atoms. The Balaban J connectivity index is 2.32. The third-order valence-corrected chi connectivity index (χ3v) is 4.12. The molecule has 1 unspecified atom stereocenters. The average molecular weight is 304 g/mol. The van der Waals surface area contributed by atoms with E-state index in [0.717, 1.165) is 28.1 Å². The van der Waals surface area contributed by atoms with E-state index in [4.69, 9.17) is 0 Å². The Kier molecular flexibility index (Phi) is 6.24. The van der Waals surface area contributed by atoms with E-state index in [2.05, 4.69) is 35.1 Å². The molecule has 1 aromatic rings. The summed E-state index contributed by atoms with van der Waals surface area (Å²) in [5.41, 5.74) is 0. The molecule has 0 aliphatic carbocycles. The van der Waals surface area contributed by atoms with Crippen LogP contribution in [0.4, 0.5) is 0 Å². The largest absolute Gasteiger partial charge is 0.315 e. The topological polar surface area (TPSA) is 29.1 Å². The molecule has 2 nitrogen and oxygen atoms in total. The lowest BCUT2D eigenvalue weighted by Gasteiger charge is -2.07. The van der Waals surface area contributed by atoms with Crippen LogP contribution in [0.25, 0.3) is 0 Å². The summed E-state index contributed by atoms with van der Waals surface area (Å²) in [5.74, 6) is 0.724. The quantitative estimate of drug-likeness (QED) is 0.819. The molecule has 1 rings (SSSR count). The van der Waals surface area contributed by atoms with Crippen molar-refractivity contribution >= 4 is 26.7 Å². The van der Waals surface area contributed by atoms with Crippen LogP contribution in [0.15, 0.2) is 33.6 Å². The zero-order chi connectivity index (χ0) is 12.0. The van der Waals surface area contributed by atoms with E-state index in [1.54, 1.807) is 0 Å². The van der Waals surface area contributed by atoms with E-state index in [0.29, 0.717) is 6.04 Å². The monoisotopic (exact) mass is 303 g/mol. The third-order valence-electron chi connectivity index (χ3n) is 2.14. The van der Waals surface area contributed by atoms with Crippen molar-refractivity contribution in [3.8, 4) is 0 Å². The van der Waals surface area contributed by atoms with Crippen LogP contribution in [0.5, 0.6) is 0 Å². The highest BCUT2D eigenvalue weighted by Crippen LogP contribution is 2.13. The van der Waals surface area contributed by atoms with Crippen LogP contribution in [0, 0.1) is 0 Å². The maximum Gasteiger partial charge on any atom is 0.0529 e. The van der Waals surface area contributed by atoms with Crippen molar-refractivity contribution in [1.82, 2.24) is 5.32 Å². The summed E-state index contributed by atoms with van der Waals surface area (Å²) in [7, 11) is -0.867. The summed E-state index contributed by atoms with van der Waals surface area (Å²) >= 11 is 3.37. The molecule has 0 aromatic heterocycles. The van der Waals surface area contributed by atoms with Gasteiger partial charge in [0.25, 0.3) is 0 Å². The van der Waals surface area contributed by atoms with Crippen molar-refractivity contribution in [1.29, 1.82) is 0 Å². The van der Waals surface area contributed by atoms with Crippen LogP contribution in [0.3, 0.4) is 0 Å². The molecule has 1 aromatic carbocycles. The molecule has 16 heavy (non-hydrogen) atoms. The van der Waals surface area contributed by atoms with Crippen LogP contribution in [0.1, 0.15) is 20.3 Å². The van der Waals surface area contributed by atoms with Crippen LogP contribution in [-0.2, 0) is 10.8 Å². The van der Waals surface area contributed by atoms with Gasteiger partial charge in [-0.05, 0) is 37.2 Å². The lowest BCUT2D eigenvalue weighted by molar-refractivity contribution is 0.583. The Morgan fingerprint density at radius 3 is 2.50 bits per heavy atom. The predicted octanol–water partition coefficient (Wildman–Crippen LogP) is 2.94. The number of benzene rings is 1. The minimum Gasteiger partial charge on any atom is -0.315 e. The molecular formula is C12H18BrNOS. The summed E-state index contributed by atoms with van der Waals surface area (Å²) < 4.78 is 12.9. The fourth-order valence-corrected chi connectivity index (χ4v) is 2.64. The number of hydrogen-bond acceptors (Lipinski definition) is 2. The van der Waals surface area contributed by atoms with Gasteiger partial charge in [-0.3, -0.25) is 4.21 Å². The first-order valence-electron chi connectivity index (χ1n) is 5.47. The molecule has 1 atom stereocenters. The van der Waals surface area contributed by atoms with Gasteiger partial charge in [-0.25, -0.2) is 0 Å². The average Bonchev–Trinajstić information content (AvgIpc) is 2.25. The first-order chi connectivity index (χ1) is 7.59. The molecule has 0 radical (unpaired) electrons. The summed E-state index contributed by atoms with van der Waals surface area (Å²) in [6, 6.07) is 8.19. The van der Waals surface area contributed by atoms with Gasteiger partial charge in [-0.1, -0.05) is 29.8 Å². The number of nitrogens with one attached hydrogen (secondary N) is 1. The molecule has 0 saturated carbocycles. The normalized spacial score (nSPS) is 13.0. The van der Waals surface area contributed by atoms with Crippen molar-refractivity contribution in [2.24, 2.45) is 0 Å². The van der Waals surface area contributed by atoms with E-state index in [-0.39, 0.29) is 0 Å². The van der Waals surface area contributed by atoms with E-state index in [1.165, 1.54) is 0 Å². The molecular weight excluding hydrogens is 286 g/mol. The molecule has 4 heteroatoms. The van der Waals surface area contributed by atoms with E-state index in [9.17, 15) is 4.21 Å². The number of hydrogen-bond donors (Lipinski definition) is 1. The first-order valence-corrected chi connectivity index (χ1v) is 7.58. The fraction of sp³-hybridized carbons (Fsp3) is 0.500. The molecule has 0 fully saturated rings. The van der Waals surface area contributed by atoms with E-state index < -0.39 is 10.8 Å². The van der Waals surface area contributed by atoms with Crippen molar-refractivity contribution in [2.45, 2.75) is 31.2 Å². The minimum absolute atomic E-state index is 0.501. The van der Waals surface area contributed by atoms with E-state index >= 15 is 0 Å². The Labute approximate surface area is 108 Å². The van der Waals surface area contributed by atoms with Crippen molar-refractivity contribution < 1.29 is 4.21 Å². The summed E-state index contributed by atoms with van der Waals surface area (Å²) in [6.45, 7) is 5.16. The second kappa shape index (κ2) is 7.20. The second-order valence-corrected chi connectivity index (χ2v) is 6.45. The predicted molar refractivity (Wildman–Crippen MR) is 73.2 cm³/mol. The molecule has 0 aliphatic rings. The molecule has 0 bridgehead atoms. The van der Waals surface area contributed by atoms with Gasteiger partial charge in [-0.15, -0.1) is 0 Å². The lowest BCUT2D eigenvalue weighted by Crippen LogP contribution is -2.24. The van der Waals surface area contributed by atoms with Crippen LogP contribution in [-0.4, -0.2) is 22.5 Å². The van der Waals surface area contributed by atoms with E-state index in [1.807, 2.05) is 24.3 Å². The zero-order valence-electron chi connectivity index (χ0n) is 9.70. The van der Waals surface area contributed by atoms with Crippen molar-refractivity contribution in [3.05, 3.63) is 28.7 Å². The Morgan fingerprint density at radius 1 is 1.31 bits per heavy atom. The summed E-state index contributed by atoms with van der Waals surface area (Å²) in [4.78, 5) is 0.910. The first kappa shape index (κ1) is 13.9. The molecule has 0 aliphatic heterocycles. The summed E-state index contributed by atoms with van der Waals surface area (Å²) in [5, 5.41) is 3.32. The number of rotatable bonds is 6. The Hall–Kier alpha value is -0.190. The third kappa shape index (κ3) is 5.23. The highest BCUT2D eigenvalue weighted by atomic mass is 79.9. The molecule has 90 valence electrons. The maximum absolute atomic E-state index is 11.9. The lowest BCUT2D eigenvalue weighted by atomic mass is 10.4. The number of halogens is 1. The molecule has 0 saturated heterocycles. The molecule has 0 amide bonds. The van der Waals surface area contributed by atoms with Gasteiger partial charge in [0.2, 0.25) is 0 Å². The highest BCUT2D eigenvalue weighted by Gasteiger charge is 2.03. The smallest absolute Gasteiger partial charge is 0.0529 e. The molecule has 1 N–H and O–H groups in total. The van der Waals surface area contributed by atoms with Gasteiger partial charge >= 0.3 is 0 Å². The molecule has 0 heterocycles. The van der Waals surface area contributed by atoms with Crippen molar-refractivity contribution in [3.63, 3.8) is 0 Å². The fourth-order valence-electron chi connectivity index (χ4n) is 1.30. The van der Waals surface area contributed by atoms with Gasteiger partial charge in [0.15, 0.2) is 0 Å². The van der Waals surface area contributed by atoms with Gasteiger partial charge in [0.1, 0.15) is 0 Å². The second-order valence-electron chi connectivity index (χ2n) is 3.97. The van der Waals surface area contributed by atoms with Gasteiger partial charge in [0.05, 0.1) is 10.8 Å². The van der Waals surface area contributed by atoms with Gasteiger partial charge < -0.3 is 5.32 Å². The van der Waals surface area contributed by atoms with Crippen LogP contribution < -0.4 is 5.32 Å². The van der Waals surface area contributed by atoms with Gasteiger partial charge in [-0.2, -0.15) is 0 Å². The van der Waals surface area contributed by atoms with Crippen LogP contribution in [0.2, 0.25) is 0 Å². The van der Waals surface area contributed by atoms with Crippen molar-refractivity contribution in [2.75, 3.05) is 12.3 Å². The zero-order valence-corrected chi connectivity index (χ0v) is 12.1.